The molecule has 11 heteroatoms. The molecule has 37 heavy (non-hydrogen) atoms. The molecule has 0 aromatic heterocycles. The number of para-hydroxylation sites is 1. The average molecular weight is 534 g/mol. The molecule has 5 rings (SSSR count). The minimum atomic E-state index is -4.18. The van der Waals surface area contributed by atoms with Gasteiger partial charge in [-0.2, -0.15) is 5.10 Å². The van der Waals surface area contributed by atoms with Gasteiger partial charge >= 0.3 is 0 Å². The van der Waals surface area contributed by atoms with Crippen LogP contribution in [0.25, 0.3) is 10.8 Å². The van der Waals surface area contributed by atoms with Crippen LogP contribution in [0.4, 0.5) is 15.8 Å². The number of hydrazone groups is 1. The number of hydrogen-bond donors (Lipinski definition) is 2. The van der Waals surface area contributed by atoms with Crippen molar-refractivity contribution in [2.24, 2.45) is 16.0 Å². The van der Waals surface area contributed by atoms with Gasteiger partial charge in [0, 0.05) is 5.56 Å². The largest absolute Gasteiger partial charge is 0.374 e. The third-order valence-corrected chi connectivity index (χ3v) is 7.10. The number of carbonyl (C=O) groups excluding carboxylic acids is 1. The lowest BCUT2D eigenvalue weighted by molar-refractivity contribution is -0.112. The van der Waals surface area contributed by atoms with Crippen molar-refractivity contribution in [3.05, 3.63) is 102 Å². The molecule has 0 radical (unpaired) electrons. The highest BCUT2D eigenvalue weighted by molar-refractivity contribution is 7.89. The molecule has 186 valence electrons. The lowest BCUT2D eigenvalue weighted by Gasteiger charge is -2.20. The molecule has 4 aromatic carbocycles. The number of hydrogen-bond acceptors (Lipinski definition) is 5. The van der Waals surface area contributed by atoms with E-state index in [1.54, 1.807) is 6.07 Å². The lowest BCUT2D eigenvalue weighted by atomic mass is 10.0. The molecule has 1 aliphatic heterocycles. The second-order valence-electron chi connectivity index (χ2n) is 8.30. The van der Waals surface area contributed by atoms with Crippen LogP contribution in [0.5, 0.6) is 0 Å². The van der Waals surface area contributed by atoms with Gasteiger partial charge in [0.15, 0.2) is 10.8 Å². The quantitative estimate of drug-likeness (QED) is 0.298. The predicted molar refractivity (Wildman–Crippen MR) is 145 cm³/mol. The first-order chi connectivity index (χ1) is 17.6. The van der Waals surface area contributed by atoms with Crippen LogP contribution >= 0.6 is 12.2 Å². The molecule has 0 unspecified atom stereocenters. The van der Waals surface area contributed by atoms with Crippen LogP contribution in [-0.4, -0.2) is 25.1 Å². The molecule has 0 fully saturated rings. The van der Waals surface area contributed by atoms with E-state index in [0.29, 0.717) is 5.69 Å². The maximum atomic E-state index is 14.3. The van der Waals surface area contributed by atoms with Crippen molar-refractivity contribution in [1.82, 2.24) is 0 Å². The molecule has 1 amide bonds. The maximum Gasteiger partial charge on any atom is 0.279 e. The highest BCUT2D eigenvalue weighted by atomic mass is 32.2. The van der Waals surface area contributed by atoms with Gasteiger partial charge in [0.25, 0.3) is 5.91 Å². The monoisotopic (exact) mass is 533 g/mol. The summed E-state index contributed by atoms with van der Waals surface area (Å²) in [5.41, 5.74) is 7.26. The van der Waals surface area contributed by atoms with E-state index in [1.807, 2.05) is 42.5 Å². The molecule has 4 aromatic rings. The number of nitrogens with zero attached hydrogens (tertiary/aromatic N) is 3. The predicted octanol–water partition coefficient (Wildman–Crippen LogP) is 3.63. The van der Waals surface area contributed by atoms with E-state index >= 15 is 0 Å². The molecular weight excluding hydrogens is 513 g/mol. The molecule has 0 spiro atoms. The zero-order valence-electron chi connectivity index (χ0n) is 19.2. The molecule has 0 saturated carbocycles. The summed E-state index contributed by atoms with van der Waals surface area (Å²) >= 11 is 5.13. The summed E-state index contributed by atoms with van der Waals surface area (Å²) in [7, 11) is -4.18. The number of sulfonamides is 1. The Kier molecular flexibility index (Phi) is 6.20. The van der Waals surface area contributed by atoms with Gasteiger partial charge in [-0.05, 0) is 58.9 Å². The van der Waals surface area contributed by atoms with E-state index < -0.39 is 21.7 Å². The summed E-state index contributed by atoms with van der Waals surface area (Å²) in [6.45, 7) is 0.193. The van der Waals surface area contributed by atoms with Crippen LogP contribution < -0.4 is 20.8 Å². The Morgan fingerprint density at radius 3 is 2.46 bits per heavy atom. The number of thiocarbonyl (C=S) groups is 1. The highest BCUT2D eigenvalue weighted by Gasteiger charge is 2.36. The first-order valence-corrected chi connectivity index (χ1v) is 13.0. The number of benzene rings is 4. The Balaban J connectivity index is 1.64. The van der Waals surface area contributed by atoms with Gasteiger partial charge in [-0.1, -0.05) is 54.6 Å². The SMILES string of the molecule is NC(=S)N(/N=C1\C(=O)N(Cc2cccc3ccccc23)c2ccc(F)cc21)c1ccccc1S(N)(=O)=O. The van der Waals surface area contributed by atoms with Crippen molar-refractivity contribution in [1.29, 1.82) is 0 Å². The van der Waals surface area contributed by atoms with E-state index in [0.717, 1.165) is 21.3 Å². The number of halogens is 1. The highest BCUT2D eigenvalue weighted by Crippen LogP contribution is 2.34. The number of primary sulfonamides is 1. The first-order valence-electron chi connectivity index (χ1n) is 11.0. The zero-order valence-corrected chi connectivity index (χ0v) is 20.8. The molecule has 1 heterocycles. The molecule has 0 atom stereocenters. The number of amides is 1. The van der Waals surface area contributed by atoms with Crippen molar-refractivity contribution >= 4 is 61.1 Å². The number of anilines is 2. The summed E-state index contributed by atoms with van der Waals surface area (Å²) in [6, 6.07) is 23.2. The van der Waals surface area contributed by atoms with E-state index in [1.165, 1.54) is 41.3 Å². The normalized spacial score (nSPS) is 14.3. The molecule has 0 bridgehead atoms. The van der Waals surface area contributed by atoms with Gasteiger partial charge in [-0.3, -0.25) is 4.79 Å². The van der Waals surface area contributed by atoms with Crippen LogP contribution in [-0.2, 0) is 21.4 Å². The molecule has 1 aliphatic rings. The number of fused-ring (bicyclic) bond motifs is 2. The van der Waals surface area contributed by atoms with Gasteiger partial charge in [-0.25, -0.2) is 23.0 Å². The summed E-state index contributed by atoms with van der Waals surface area (Å²) in [5.74, 6) is -1.10. The lowest BCUT2D eigenvalue weighted by Crippen LogP contribution is -2.36. The minimum Gasteiger partial charge on any atom is -0.374 e. The van der Waals surface area contributed by atoms with Gasteiger partial charge in [0.1, 0.15) is 10.7 Å². The summed E-state index contributed by atoms with van der Waals surface area (Å²) < 4.78 is 38.7. The zero-order chi connectivity index (χ0) is 26.3. The summed E-state index contributed by atoms with van der Waals surface area (Å²) in [6.07, 6.45) is 0. The third kappa shape index (κ3) is 4.55. The second-order valence-corrected chi connectivity index (χ2v) is 10.3. The van der Waals surface area contributed by atoms with Crippen molar-refractivity contribution < 1.29 is 17.6 Å². The standard InChI is InChI=1S/C26H20FN5O3S2/c27-18-12-13-21-20(14-18)24(30-32(26(28)36)22-10-3-4-11-23(22)37(29,34)35)25(33)31(21)15-17-8-5-7-16-6-1-2-9-19(16)17/h1-14H,15H2,(H2,28,36)(H2,29,34,35)/b30-24-. The maximum absolute atomic E-state index is 14.3. The Bertz CT molecular complexity index is 1720. The molecule has 0 saturated heterocycles. The van der Waals surface area contributed by atoms with Crippen molar-refractivity contribution in [3.63, 3.8) is 0 Å². The topological polar surface area (TPSA) is 122 Å². The second kappa shape index (κ2) is 9.36. The first kappa shape index (κ1) is 24.5. The smallest absolute Gasteiger partial charge is 0.279 e. The summed E-state index contributed by atoms with van der Waals surface area (Å²) in [4.78, 5) is 14.9. The fourth-order valence-corrected chi connectivity index (χ4v) is 5.19. The van der Waals surface area contributed by atoms with Crippen molar-refractivity contribution in [3.8, 4) is 0 Å². The van der Waals surface area contributed by atoms with Crippen molar-refractivity contribution in [2.45, 2.75) is 11.4 Å². The van der Waals surface area contributed by atoms with E-state index in [4.69, 9.17) is 23.1 Å². The van der Waals surface area contributed by atoms with Crippen LogP contribution in [0.3, 0.4) is 0 Å². The number of nitrogens with two attached hydrogens (primary N) is 2. The van der Waals surface area contributed by atoms with Gasteiger partial charge in [-0.15, -0.1) is 0 Å². The van der Waals surface area contributed by atoms with E-state index in [2.05, 4.69) is 5.10 Å². The molecule has 8 nitrogen and oxygen atoms in total. The number of rotatable bonds is 5. The van der Waals surface area contributed by atoms with Crippen molar-refractivity contribution in [2.75, 3.05) is 9.91 Å². The van der Waals surface area contributed by atoms with E-state index in [9.17, 15) is 17.6 Å². The number of carbonyl (C=O) groups is 1. The van der Waals surface area contributed by atoms with Crippen LogP contribution in [0.2, 0.25) is 0 Å². The van der Waals surface area contributed by atoms with E-state index in [-0.39, 0.29) is 33.5 Å². The van der Waals surface area contributed by atoms with Crippen LogP contribution in [0.15, 0.2) is 94.9 Å². The molecule has 0 aliphatic carbocycles. The van der Waals surface area contributed by atoms with Crippen LogP contribution in [0, 0.1) is 5.82 Å². The van der Waals surface area contributed by atoms with Gasteiger partial charge in [0.2, 0.25) is 10.0 Å². The third-order valence-electron chi connectivity index (χ3n) is 5.97. The van der Waals surface area contributed by atoms with Crippen LogP contribution in [0.1, 0.15) is 11.1 Å². The fraction of sp³-hybridized carbons (Fsp3) is 0.0385. The summed E-state index contributed by atoms with van der Waals surface area (Å²) in [5, 5.41) is 12.3. The Labute approximate surface area is 217 Å². The minimum absolute atomic E-state index is 0.0387. The Hall–Kier alpha value is -4.19. The molecular formula is C26H20FN5O3S2. The van der Waals surface area contributed by atoms with Gasteiger partial charge < -0.3 is 10.6 Å². The average Bonchev–Trinajstić information content (AvgIpc) is 3.11. The molecule has 4 N–H and O–H groups in total. The Morgan fingerprint density at radius 2 is 1.70 bits per heavy atom. The fourth-order valence-electron chi connectivity index (χ4n) is 4.33. The Morgan fingerprint density at radius 1 is 1.00 bits per heavy atom. The van der Waals surface area contributed by atoms with Gasteiger partial charge in [0.05, 0.1) is 17.9 Å².